The highest BCUT2D eigenvalue weighted by molar-refractivity contribution is 5.93. The maximum Gasteiger partial charge on any atom is 0.181 e. The number of nitriles is 1. The van der Waals surface area contributed by atoms with E-state index in [2.05, 4.69) is 9.97 Å². The molecule has 0 amide bonds. The number of aliphatic hydroxyl groups is 1. The smallest absolute Gasteiger partial charge is 0.181 e. The second-order valence-corrected chi connectivity index (χ2v) is 3.86. The predicted octanol–water partition coefficient (Wildman–Crippen LogP) is 2.45. The lowest BCUT2D eigenvalue weighted by atomic mass is 10.1. The summed E-state index contributed by atoms with van der Waals surface area (Å²) in [7, 11) is 0. The van der Waals surface area contributed by atoms with Gasteiger partial charge in [0.25, 0.3) is 0 Å². The molecule has 0 bridgehead atoms. The van der Waals surface area contributed by atoms with E-state index >= 15 is 0 Å². The topological polar surface area (TPSA) is 136 Å². The lowest BCUT2D eigenvalue weighted by molar-refractivity contribution is 0.405. The number of hydrogen-bond donors (Lipinski definition) is 4. The van der Waals surface area contributed by atoms with Crippen LogP contribution < -0.4 is 5.73 Å². The molecule has 0 atom stereocenters. The third-order valence-corrected chi connectivity index (χ3v) is 2.58. The van der Waals surface area contributed by atoms with E-state index in [9.17, 15) is 15.3 Å². The Labute approximate surface area is 127 Å². The summed E-state index contributed by atoms with van der Waals surface area (Å²) in [4.78, 5) is 7.58. The van der Waals surface area contributed by atoms with Gasteiger partial charge in [0.1, 0.15) is 23.7 Å². The maximum atomic E-state index is 10.1. The summed E-state index contributed by atoms with van der Waals surface area (Å²) in [5.74, 6) is -1.39. The molecule has 7 nitrogen and oxygen atoms in total. The average molecular weight is 300 g/mol. The number of anilines is 1. The molecular formula is C15H16N4O3. The van der Waals surface area contributed by atoms with Crippen LogP contribution in [0.5, 0.6) is 11.5 Å². The maximum absolute atomic E-state index is 10.1. The van der Waals surface area contributed by atoms with Gasteiger partial charge in [-0.05, 0) is 18.2 Å². The first-order valence-electron chi connectivity index (χ1n) is 6.46. The molecule has 5 N–H and O–H groups in total. The molecule has 0 spiro atoms. The Balaban J connectivity index is 0.00000116. The molecule has 0 saturated heterocycles. The molecule has 7 heteroatoms. The second kappa shape index (κ2) is 7.50. The molecule has 22 heavy (non-hydrogen) atoms. The zero-order chi connectivity index (χ0) is 16.7. The van der Waals surface area contributed by atoms with Gasteiger partial charge < -0.3 is 21.1 Å². The van der Waals surface area contributed by atoms with E-state index in [0.29, 0.717) is 0 Å². The number of aromatic hydroxyl groups is 2. The largest absolute Gasteiger partial charge is 0.506 e. The van der Waals surface area contributed by atoms with Crippen molar-refractivity contribution in [3.05, 3.63) is 42.0 Å². The molecule has 0 aliphatic carbocycles. The van der Waals surface area contributed by atoms with E-state index in [1.165, 1.54) is 24.7 Å². The van der Waals surface area contributed by atoms with Crippen LogP contribution >= 0.6 is 0 Å². The van der Waals surface area contributed by atoms with Crippen molar-refractivity contribution in [1.29, 1.82) is 5.26 Å². The first kappa shape index (κ1) is 16.8. The Kier molecular flexibility index (Phi) is 5.72. The first-order chi connectivity index (χ1) is 10.5. The average Bonchev–Trinajstić information content (AvgIpc) is 2.55. The van der Waals surface area contributed by atoms with Crippen LogP contribution in [0, 0.1) is 11.3 Å². The molecular weight excluding hydrogens is 284 g/mol. The number of nitrogens with zero attached hydrogens (tertiary/aromatic N) is 3. The van der Waals surface area contributed by atoms with Gasteiger partial charge in [0.15, 0.2) is 11.5 Å². The quantitative estimate of drug-likeness (QED) is 0.289. The Bertz CT molecular complexity index is 698. The minimum Gasteiger partial charge on any atom is -0.506 e. The van der Waals surface area contributed by atoms with Crippen LogP contribution in [-0.4, -0.2) is 25.3 Å². The summed E-state index contributed by atoms with van der Waals surface area (Å²) in [6.45, 7) is 4.00. The second-order valence-electron chi connectivity index (χ2n) is 3.86. The van der Waals surface area contributed by atoms with Crippen LogP contribution in [0.3, 0.4) is 0 Å². The molecule has 1 heterocycles. The highest BCUT2D eigenvalue weighted by Gasteiger charge is 2.15. The molecule has 0 aliphatic rings. The number of aromatic nitrogens is 2. The molecule has 0 fully saturated rings. The fraction of sp³-hybridized carbons (Fsp3) is 0.133. The van der Waals surface area contributed by atoms with Crippen LogP contribution in [0.2, 0.25) is 0 Å². The van der Waals surface area contributed by atoms with Crippen molar-refractivity contribution in [2.45, 2.75) is 13.8 Å². The van der Waals surface area contributed by atoms with E-state index in [1.807, 2.05) is 19.9 Å². The highest BCUT2D eigenvalue weighted by Crippen LogP contribution is 2.35. The third-order valence-electron chi connectivity index (χ3n) is 2.58. The standard InChI is InChI=1S/C13H10N4O3.C2H6/c14-5-8(10-1-2-16-6-17-10)12(19)7-3-9(15)13(20)11(18)4-7;1-2/h1-4,6,18-20H,15H2;1-2H3/b12-8-;. The summed E-state index contributed by atoms with van der Waals surface area (Å²) in [6, 6.07) is 5.62. The lowest BCUT2D eigenvalue weighted by Crippen LogP contribution is -1.95. The zero-order valence-corrected chi connectivity index (χ0v) is 12.1. The molecule has 1 aromatic heterocycles. The summed E-state index contributed by atoms with van der Waals surface area (Å²) in [5, 5.41) is 38.1. The lowest BCUT2D eigenvalue weighted by Gasteiger charge is -2.08. The van der Waals surface area contributed by atoms with Crippen LogP contribution in [-0.2, 0) is 0 Å². The van der Waals surface area contributed by atoms with E-state index in [-0.39, 0.29) is 22.5 Å². The fourth-order valence-corrected chi connectivity index (χ4v) is 1.59. The van der Waals surface area contributed by atoms with Crippen molar-refractivity contribution < 1.29 is 15.3 Å². The summed E-state index contributed by atoms with van der Waals surface area (Å²) in [6.07, 6.45) is 2.66. The van der Waals surface area contributed by atoms with Gasteiger partial charge in [-0.25, -0.2) is 9.97 Å². The molecule has 0 unspecified atom stereocenters. The van der Waals surface area contributed by atoms with Gasteiger partial charge in [-0.15, -0.1) is 0 Å². The van der Waals surface area contributed by atoms with Crippen molar-refractivity contribution in [2.75, 3.05) is 5.73 Å². The number of hydrogen-bond acceptors (Lipinski definition) is 7. The normalized spacial score (nSPS) is 10.8. The van der Waals surface area contributed by atoms with Gasteiger partial charge in [0.05, 0.1) is 11.4 Å². The van der Waals surface area contributed by atoms with Crippen LogP contribution in [0.15, 0.2) is 30.7 Å². The highest BCUT2D eigenvalue weighted by atomic mass is 16.3. The van der Waals surface area contributed by atoms with E-state index in [4.69, 9.17) is 11.0 Å². The van der Waals surface area contributed by atoms with Gasteiger partial charge in [-0.2, -0.15) is 5.26 Å². The third kappa shape index (κ3) is 3.43. The van der Waals surface area contributed by atoms with Gasteiger partial charge in [0, 0.05) is 11.8 Å². The van der Waals surface area contributed by atoms with E-state index in [1.54, 1.807) is 0 Å². The van der Waals surface area contributed by atoms with Crippen LogP contribution in [0.4, 0.5) is 5.69 Å². The Morgan fingerprint density at radius 1 is 1.27 bits per heavy atom. The molecule has 114 valence electrons. The molecule has 2 rings (SSSR count). The Hall–Kier alpha value is -3.27. The number of phenols is 2. The minimum absolute atomic E-state index is 0.0907. The minimum atomic E-state index is -0.494. The van der Waals surface area contributed by atoms with Crippen molar-refractivity contribution in [3.8, 4) is 17.6 Å². The van der Waals surface area contributed by atoms with E-state index < -0.39 is 17.3 Å². The van der Waals surface area contributed by atoms with Gasteiger partial charge in [-0.1, -0.05) is 13.8 Å². The number of rotatable bonds is 2. The van der Waals surface area contributed by atoms with Crippen molar-refractivity contribution in [2.24, 2.45) is 0 Å². The number of benzene rings is 1. The molecule has 0 saturated carbocycles. The molecule has 0 aliphatic heterocycles. The first-order valence-corrected chi connectivity index (χ1v) is 6.46. The summed E-state index contributed by atoms with van der Waals surface area (Å²) in [5.41, 5.74) is 5.59. The van der Waals surface area contributed by atoms with E-state index in [0.717, 1.165) is 6.07 Å². The number of phenolic OH excluding ortho intramolecular Hbond substituents is 2. The molecule has 0 radical (unpaired) electrons. The summed E-state index contributed by atoms with van der Waals surface area (Å²) < 4.78 is 0. The fourth-order valence-electron chi connectivity index (χ4n) is 1.59. The SMILES string of the molecule is CC.N#C/C(=C(/O)c1cc(N)c(O)c(O)c1)c1ccncn1. The number of nitrogen functional groups attached to an aromatic ring is 1. The monoisotopic (exact) mass is 300 g/mol. The van der Waals surface area contributed by atoms with Gasteiger partial charge in [-0.3, -0.25) is 0 Å². The number of allylic oxidation sites excluding steroid dienone is 1. The number of nitrogens with two attached hydrogens (primary N) is 1. The van der Waals surface area contributed by atoms with Crippen LogP contribution in [0.25, 0.3) is 11.3 Å². The van der Waals surface area contributed by atoms with Crippen molar-refractivity contribution >= 4 is 17.0 Å². The van der Waals surface area contributed by atoms with Crippen molar-refractivity contribution in [3.63, 3.8) is 0 Å². The molecule has 2 aromatic rings. The van der Waals surface area contributed by atoms with Crippen molar-refractivity contribution in [1.82, 2.24) is 9.97 Å². The molecule has 1 aromatic carbocycles. The zero-order valence-electron chi connectivity index (χ0n) is 12.1. The van der Waals surface area contributed by atoms with Gasteiger partial charge >= 0.3 is 0 Å². The Morgan fingerprint density at radius 2 is 1.95 bits per heavy atom. The summed E-state index contributed by atoms with van der Waals surface area (Å²) >= 11 is 0. The predicted molar refractivity (Wildman–Crippen MR) is 82.6 cm³/mol. The number of aliphatic hydroxyl groups excluding tert-OH is 1. The Morgan fingerprint density at radius 3 is 2.45 bits per heavy atom. The van der Waals surface area contributed by atoms with Crippen LogP contribution in [0.1, 0.15) is 25.1 Å². The van der Waals surface area contributed by atoms with Gasteiger partial charge in [0.2, 0.25) is 0 Å².